The van der Waals surface area contributed by atoms with Crippen molar-refractivity contribution in [3.05, 3.63) is 53.2 Å². The maximum atomic E-state index is 4.54. The van der Waals surface area contributed by atoms with E-state index in [0.29, 0.717) is 0 Å². The van der Waals surface area contributed by atoms with E-state index in [0.717, 1.165) is 28.7 Å². The van der Waals surface area contributed by atoms with Crippen molar-refractivity contribution in [2.75, 3.05) is 6.54 Å². The molecule has 0 aliphatic heterocycles. The molecule has 1 aromatic carbocycles. The van der Waals surface area contributed by atoms with E-state index >= 15 is 0 Å². The second kappa shape index (κ2) is 6.07. The minimum absolute atomic E-state index is 0.105. The van der Waals surface area contributed by atoms with Gasteiger partial charge in [0.1, 0.15) is 0 Å². The molecular weight excluding hydrogens is 268 g/mol. The van der Waals surface area contributed by atoms with Gasteiger partial charge in [0, 0.05) is 17.1 Å². The molecule has 20 heavy (non-hydrogen) atoms. The number of hydrogen-bond acceptors (Lipinski definition) is 5. The number of nitrogens with one attached hydrogen (secondary N) is 1. The summed E-state index contributed by atoms with van der Waals surface area (Å²) < 4.78 is 3.99. The number of fused-ring (bicyclic) bond motifs is 1. The molecule has 0 amide bonds. The van der Waals surface area contributed by atoms with Gasteiger partial charge in [-0.15, -0.1) is 5.10 Å². The molecule has 102 valence electrons. The Kier molecular flexibility index (Phi) is 3.99. The van der Waals surface area contributed by atoms with Gasteiger partial charge in [-0.3, -0.25) is 4.98 Å². The van der Waals surface area contributed by atoms with Crippen molar-refractivity contribution >= 4 is 22.4 Å². The minimum atomic E-state index is 0.105. The number of nitrogens with zero attached hydrogens (tertiary/aromatic N) is 3. The lowest BCUT2D eigenvalue weighted by Gasteiger charge is -2.18. The highest BCUT2D eigenvalue weighted by Gasteiger charge is 2.18. The SMILES string of the molecule is CCCNC(c1cnns1)c1cccc2cccnc12. The van der Waals surface area contributed by atoms with Crippen LogP contribution in [0.2, 0.25) is 0 Å². The van der Waals surface area contributed by atoms with Crippen LogP contribution in [0.15, 0.2) is 42.7 Å². The van der Waals surface area contributed by atoms with E-state index in [9.17, 15) is 0 Å². The third-order valence-corrected chi connectivity index (χ3v) is 3.96. The van der Waals surface area contributed by atoms with Crippen molar-refractivity contribution in [1.82, 2.24) is 19.9 Å². The highest BCUT2D eigenvalue weighted by molar-refractivity contribution is 7.05. The number of hydrogen-bond donors (Lipinski definition) is 1. The molecule has 0 fully saturated rings. The Hall–Kier alpha value is -1.85. The Morgan fingerprint density at radius 2 is 2.15 bits per heavy atom. The molecular formula is C15H16N4S. The van der Waals surface area contributed by atoms with Crippen molar-refractivity contribution in [2.24, 2.45) is 0 Å². The lowest BCUT2D eigenvalue weighted by atomic mass is 10.0. The summed E-state index contributed by atoms with van der Waals surface area (Å²) in [6.45, 7) is 3.11. The van der Waals surface area contributed by atoms with Gasteiger partial charge in [0.05, 0.1) is 22.6 Å². The monoisotopic (exact) mass is 284 g/mol. The topological polar surface area (TPSA) is 50.7 Å². The smallest absolute Gasteiger partial charge is 0.0753 e. The summed E-state index contributed by atoms with van der Waals surface area (Å²) in [4.78, 5) is 5.67. The van der Waals surface area contributed by atoms with Crippen LogP contribution in [0.4, 0.5) is 0 Å². The van der Waals surface area contributed by atoms with Crippen LogP contribution >= 0.6 is 11.5 Å². The summed E-state index contributed by atoms with van der Waals surface area (Å²) >= 11 is 1.43. The van der Waals surface area contributed by atoms with E-state index in [-0.39, 0.29) is 6.04 Å². The van der Waals surface area contributed by atoms with Crippen LogP contribution in [0.5, 0.6) is 0 Å². The largest absolute Gasteiger partial charge is 0.305 e. The summed E-state index contributed by atoms with van der Waals surface area (Å²) in [5.41, 5.74) is 2.22. The third-order valence-electron chi connectivity index (χ3n) is 3.24. The van der Waals surface area contributed by atoms with Gasteiger partial charge in [-0.25, -0.2) is 0 Å². The highest BCUT2D eigenvalue weighted by Crippen LogP contribution is 2.28. The molecule has 0 saturated carbocycles. The predicted molar refractivity (Wildman–Crippen MR) is 81.8 cm³/mol. The second-order valence-electron chi connectivity index (χ2n) is 4.63. The summed E-state index contributed by atoms with van der Waals surface area (Å²) in [7, 11) is 0. The van der Waals surface area contributed by atoms with Crippen LogP contribution in [0.3, 0.4) is 0 Å². The van der Waals surface area contributed by atoms with Crippen molar-refractivity contribution in [2.45, 2.75) is 19.4 Å². The molecule has 0 spiro atoms. The fourth-order valence-corrected chi connectivity index (χ4v) is 2.91. The van der Waals surface area contributed by atoms with Crippen molar-refractivity contribution in [3.8, 4) is 0 Å². The molecule has 0 saturated heterocycles. The van der Waals surface area contributed by atoms with Crippen LogP contribution in [0, 0.1) is 0 Å². The van der Waals surface area contributed by atoms with Crippen molar-refractivity contribution < 1.29 is 0 Å². The Labute approximate surface area is 122 Å². The van der Waals surface area contributed by atoms with Crippen LogP contribution in [0.1, 0.15) is 29.8 Å². The zero-order chi connectivity index (χ0) is 13.8. The number of pyridine rings is 1. The first-order valence-electron chi connectivity index (χ1n) is 6.74. The first-order valence-corrected chi connectivity index (χ1v) is 7.51. The molecule has 2 aromatic heterocycles. The zero-order valence-electron chi connectivity index (χ0n) is 11.3. The summed E-state index contributed by atoms with van der Waals surface area (Å²) in [5, 5.41) is 8.69. The first-order chi connectivity index (χ1) is 9.90. The maximum Gasteiger partial charge on any atom is 0.0753 e. The van der Waals surface area contributed by atoms with Crippen LogP contribution in [0.25, 0.3) is 10.9 Å². The molecule has 0 radical (unpaired) electrons. The van der Waals surface area contributed by atoms with Gasteiger partial charge in [-0.1, -0.05) is 35.7 Å². The molecule has 0 bridgehead atoms. The van der Waals surface area contributed by atoms with Gasteiger partial charge in [-0.2, -0.15) is 0 Å². The molecule has 3 aromatic rings. The first kappa shape index (κ1) is 13.1. The molecule has 1 atom stereocenters. The molecule has 5 heteroatoms. The molecule has 1 N–H and O–H groups in total. The summed E-state index contributed by atoms with van der Waals surface area (Å²) in [6, 6.07) is 10.5. The van der Waals surface area contributed by atoms with E-state index in [2.05, 4.69) is 51.1 Å². The van der Waals surface area contributed by atoms with Gasteiger partial charge in [0.15, 0.2) is 0 Å². The van der Waals surface area contributed by atoms with Crippen molar-refractivity contribution in [1.29, 1.82) is 0 Å². The minimum Gasteiger partial charge on any atom is -0.305 e. The zero-order valence-corrected chi connectivity index (χ0v) is 12.1. The molecule has 0 aliphatic rings. The standard InChI is InChI=1S/C15H16N4S/c1-2-8-16-15(13-10-18-19-20-13)12-7-3-5-11-6-4-9-17-14(11)12/h3-7,9-10,15-16H,2,8H2,1H3. The summed E-state index contributed by atoms with van der Waals surface area (Å²) in [6.07, 6.45) is 4.76. The van der Waals surface area contributed by atoms with E-state index < -0.39 is 0 Å². The summed E-state index contributed by atoms with van der Waals surface area (Å²) in [5.74, 6) is 0. The average Bonchev–Trinajstić information content (AvgIpc) is 3.02. The van der Waals surface area contributed by atoms with E-state index in [4.69, 9.17) is 0 Å². The number of para-hydroxylation sites is 1. The van der Waals surface area contributed by atoms with Gasteiger partial charge >= 0.3 is 0 Å². The van der Waals surface area contributed by atoms with Gasteiger partial charge in [0.2, 0.25) is 0 Å². The van der Waals surface area contributed by atoms with Gasteiger partial charge < -0.3 is 5.32 Å². The lowest BCUT2D eigenvalue weighted by molar-refractivity contribution is 0.607. The van der Waals surface area contributed by atoms with Crippen molar-refractivity contribution in [3.63, 3.8) is 0 Å². The molecule has 3 rings (SSSR count). The number of aromatic nitrogens is 3. The lowest BCUT2D eigenvalue weighted by Crippen LogP contribution is -2.22. The molecule has 2 heterocycles. The van der Waals surface area contributed by atoms with Crippen LogP contribution in [-0.2, 0) is 0 Å². The quantitative estimate of drug-likeness (QED) is 0.782. The molecule has 1 unspecified atom stereocenters. The molecule has 0 aliphatic carbocycles. The van der Waals surface area contributed by atoms with E-state index in [1.807, 2.05) is 18.5 Å². The van der Waals surface area contributed by atoms with E-state index in [1.165, 1.54) is 17.1 Å². The number of benzene rings is 1. The fraction of sp³-hybridized carbons (Fsp3) is 0.267. The number of rotatable bonds is 5. The van der Waals surface area contributed by atoms with Gasteiger partial charge in [0.25, 0.3) is 0 Å². The molecule has 4 nitrogen and oxygen atoms in total. The van der Waals surface area contributed by atoms with Gasteiger partial charge in [-0.05, 0) is 30.6 Å². The van der Waals surface area contributed by atoms with E-state index in [1.54, 1.807) is 0 Å². The third kappa shape index (κ3) is 2.55. The Bertz CT molecular complexity index is 676. The average molecular weight is 284 g/mol. The fourth-order valence-electron chi connectivity index (χ4n) is 2.32. The maximum absolute atomic E-state index is 4.54. The Balaban J connectivity index is 2.09. The van der Waals surface area contributed by atoms with Crippen LogP contribution < -0.4 is 5.32 Å². The second-order valence-corrected chi connectivity index (χ2v) is 5.45. The Morgan fingerprint density at radius 3 is 2.95 bits per heavy atom. The predicted octanol–water partition coefficient (Wildman–Crippen LogP) is 3.18. The highest BCUT2D eigenvalue weighted by atomic mass is 32.1. The Morgan fingerprint density at radius 1 is 1.25 bits per heavy atom. The van der Waals surface area contributed by atoms with Crippen LogP contribution in [-0.4, -0.2) is 21.1 Å². The normalized spacial score (nSPS) is 12.7.